The van der Waals surface area contributed by atoms with Gasteiger partial charge in [-0.1, -0.05) is 0 Å². The minimum atomic E-state index is -0.127. The summed E-state index contributed by atoms with van der Waals surface area (Å²) in [5, 5.41) is 4.26. The first-order chi connectivity index (χ1) is 10.5. The van der Waals surface area contributed by atoms with Gasteiger partial charge in [0.1, 0.15) is 5.65 Å². The van der Waals surface area contributed by atoms with Crippen LogP contribution in [0.3, 0.4) is 0 Å². The van der Waals surface area contributed by atoms with Crippen LogP contribution in [0.2, 0.25) is 0 Å². The molecule has 22 heavy (non-hydrogen) atoms. The molecule has 2 aromatic heterocycles. The zero-order valence-corrected chi connectivity index (χ0v) is 13.3. The second-order valence-electron chi connectivity index (χ2n) is 6.33. The zero-order chi connectivity index (χ0) is 15.7. The molecule has 0 spiro atoms. The largest absolute Gasteiger partial charge is 0.375 e. The molecular formula is C16H22N4O2. The van der Waals surface area contributed by atoms with Gasteiger partial charge in [0.05, 0.1) is 5.60 Å². The molecule has 6 heteroatoms. The van der Waals surface area contributed by atoms with Gasteiger partial charge in [-0.2, -0.15) is 4.98 Å². The quantitative estimate of drug-likeness (QED) is 0.941. The van der Waals surface area contributed by atoms with E-state index >= 15 is 0 Å². The van der Waals surface area contributed by atoms with Crippen LogP contribution in [-0.2, 0) is 11.3 Å². The van der Waals surface area contributed by atoms with E-state index in [2.05, 4.69) is 29.1 Å². The van der Waals surface area contributed by atoms with Crippen LogP contribution in [0.4, 0.5) is 5.95 Å². The summed E-state index contributed by atoms with van der Waals surface area (Å²) in [5.41, 5.74) is 0.517. The second kappa shape index (κ2) is 5.68. The highest BCUT2D eigenvalue weighted by Gasteiger charge is 2.29. The summed E-state index contributed by atoms with van der Waals surface area (Å²) in [6, 6.07) is 3.61. The van der Waals surface area contributed by atoms with Gasteiger partial charge in [-0.25, -0.2) is 4.98 Å². The molecule has 1 unspecified atom stereocenters. The third kappa shape index (κ3) is 2.97. The number of aryl methyl sites for hydroxylation is 1. The van der Waals surface area contributed by atoms with Gasteiger partial charge in [0.2, 0.25) is 5.95 Å². The van der Waals surface area contributed by atoms with Crippen molar-refractivity contribution in [2.45, 2.75) is 51.8 Å². The summed E-state index contributed by atoms with van der Waals surface area (Å²) in [6.45, 7) is 7.46. The fourth-order valence-corrected chi connectivity index (χ4v) is 2.98. The summed E-state index contributed by atoms with van der Waals surface area (Å²) < 4.78 is 7.39. The Kier molecular flexibility index (Phi) is 3.87. The number of ether oxygens (including phenoxy) is 1. The molecule has 2 aromatic rings. The Morgan fingerprint density at radius 3 is 3.00 bits per heavy atom. The minimum absolute atomic E-state index is 0.0353. The first-order valence-corrected chi connectivity index (χ1v) is 7.75. The number of aromatic nitrogens is 3. The van der Waals surface area contributed by atoms with E-state index < -0.39 is 0 Å². The highest BCUT2D eigenvalue weighted by atomic mass is 16.5. The monoisotopic (exact) mass is 302 g/mol. The molecule has 0 aromatic carbocycles. The second-order valence-corrected chi connectivity index (χ2v) is 6.33. The topological polar surface area (TPSA) is 69.0 Å². The lowest BCUT2D eigenvalue weighted by Gasteiger charge is -2.35. The maximum atomic E-state index is 11.9. The van der Waals surface area contributed by atoms with Crippen LogP contribution in [0, 0.1) is 0 Å². The third-order valence-electron chi connectivity index (χ3n) is 4.07. The van der Waals surface area contributed by atoms with Crippen molar-refractivity contribution in [3.8, 4) is 0 Å². The number of hydrogen-bond acceptors (Lipinski definition) is 5. The van der Waals surface area contributed by atoms with Crippen LogP contribution in [0.5, 0.6) is 0 Å². The fraction of sp³-hybridized carbons (Fsp3) is 0.562. The Morgan fingerprint density at radius 1 is 1.45 bits per heavy atom. The van der Waals surface area contributed by atoms with Crippen molar-refractivity contribution in [1.82, 2.24) is 14.5 Å². The van der Waals surface area contributed by atoms with E-state index in [4.69, 9.17) is 4.74 Å². The van der Waals surface area contributed by atoms with Gasteiger partial charge < -0.3 is 10.1 Å². The molecule has 118 valence electrons. The van der Waals surface area contributed by atoms with Crippen LogP contribution < -0.4 is 10.9 Å². The van der Waals surface area contributed by atoms with E-state index in [1.54, 1.807) is 22.9 Å². The summed E-state index contributed by atoms with van der Waals surface area (Å²) in [6.07, 6.45) is 3.60. The van der Waals surface area contributed by atoms with Crippen molar-refractivity contribution < 1.29 is 4.74 Å². The van der Waals surface area contributed by atoms with Crippen molar-refractivity contribution in [2.24, 2.45) is 0 Å². The SMILES string of the molecule is CCn1c(=O)ccc2cnc(NC3CCOC(C)(C)C3)nc21. The van der Waals surface area contributed by atoms with Crippen molar-refractivity contribution >= 4 is 17.0 Å². The number of nitrogens with zero attached hydrogens (tertiary/aromatic N) is 3. The Morgan fingerprint density at radius 2 is 2.27 bits per heavy atom. The summed E-state index contributed by atoms with van der Waals surface area (Å²) in [7, 11) is 0. The molecule has 0 amide bonds. The molecule has 0 aliphatic carbocycles. The summed E-state index contributed by atoms with van der Waals surface area (Å²) in [5.74, 6) is 0.572. The van der Waals surface area contributed by atoms with Crippen LogP contribution in [0.1, 0.15) is 33.6 Å². The number of pyridine rings is 1. The molecule has 6 nitrogen and oxygen atoms in total. The van der Waals surface area contributed by atoms with Gasteiger partial charge in [-0.3, -0.25) is 9.36 Å². The number of hydrogen-bond donors (Lipinski definition) is 1. The molecule has 3 heterocycles. The van der Waals surface area contributed by atoms with E-state index in [0.29, 0.717) is 18.1 Å². The smallest absolute Gasteiger partial charge is 0.252 e. The molecular weight excluding hydrogens is 280 g/mol. The molecule has 1 atom stereocenters. The number of rotatable bonds is 3. The van der Waals surface area contributed by atoms with E-state index in [1.807, 2.05) is 6.92 Å². The maximum absolute atomic E-state index is 11.9. The van der Waals surface area contributed by atoms with E-state index in [0.717, 1.165) is 24.8 Å². The molecule has 1 aliphatic rings. The van der Waals surface area contributed by atoms with Crippen molar-refractivity contribution in [2.75, 3.05) is 11.9 Å². The van der Waals surface area contributed by atoms with Crippen molar-refractivity contribution in [3.63, 3.8) is 0 Å². The Bertz CT molecular complexity index is 738. The van der Waals surface area contributed by atoms with Crippen LogP contribution in [0.25, 0.3) is 11.0 Å². The Balaban J connectivity index is 1.90. The van der Waals surface area contributed by atoms with Crippen LogP contribution in [-0.4, -0.2) is 32.8 Å². The van der Waals surface area contributed by atoms with E-state index in [9.17, 15) is 4.79 Å². The molecule has 0 bridgehead atoms. The Hall–Kier alpha value is -1.95. The molecule has 1 N–H and O–H groups in total. The zero-order valence-electron chi connectivity index (χ0n) is 13.3. The van der Waals surface area contributed by atoms with Crippen molar-refractivity contribution in [1.29, 1.82) is 0 Å². The lowest BCUT2D eigenvalue weighted by atomic mass is 9.94. The Labute approximate surface area is 129 Å². The van der Waals surface area contributed by atoms with Gasteiger partial charge in [0.25, 0.3) is 5.56 Å². The molecule has 0 radical (unpaired) electrons. The number of fused-ring (bicyclic) bond motifs is 1. The lowest BCUT2D eigenvalue weighted by Crippen LogP contribution is -2.40. The maximum Gasteiger partial charge on any atom is 0.252 e. The molecule has 1 saturated heterocycles. The van der Waals surface area contributed by atoms with Gasteiger partial charge in [-0.05, 0) is 39.7 Å². The first kappa shape index (κ1) is 15.0. The average molecular weight is 302 g/mol. The molecule has 1 aliphatic heterocycles. The summed E-state index contributed by atoms with van der Waals surface area (Å²) in [4.78, 5) is 20.8. The van der Waals surface area contributed by atoms with E-state index in [1.165, 1.54) is 0 Å². The van der Waals surface area contributed by atoms with Gasteiger partial charge >= 0.3 is 0 Å². The highest BCUT2D eigenvalue weighted by molar-refractivity contribution is 5.75. The van der Waals surface area contributed by atoms with Crippen molar-refractivity contribution in [3.05, 3.63) is 28.7 Å². The predicted molar refractivity (Wildman–Crippen MR) is 86.1 cm³/mol. The number of nitrogens with one attached hydrogen (secondary N) is 1. The molecule has 3 rings (SSSR count). The lowest BCUT2D eigenvalue weighted by molar-refractivity contribution is -0.0553. The third-order valence-corrected chi connectivity index (χ3v) is 4.07. The van der Waals surface area contributed by atoms with Gasteiger partial charge in [0, 0.05) is 36.8 Å². The van der Waals surface area contributed by atoms with Crippen LogP contribution in [0.15, 0.2) is 23.1 Å². The first-order valence-electron chi connectivity index (χ1n) is 7.75. The van der Waals surface area contributed by atoms with Crippen LogP contribution >= 0.6 is 0 Å². The normalized spacial score (nSPS) is 21.0. The highest BCUT2D eigenvalue weighted by Crippen LogP contribution is 2.25. The fourth-order valence-electron chi connectivity index (χ4n) is 2.98. The van der Waals surface area contributed by atoms with Gasteiger partial charge in [0.15, 0.2) is 0 Å². The number of anilines is 1. The minimum Gasteiger partial charge on any atom is -0.375 e. The molecule has 1 fully saturated rings. The average Bonchev–Trinajstić information content (AvgIpc) is 2.46. The van der Waals surface area contributed by atoms with E-state index in [-0.39, 0.29) is 17.2 Å². The summed E-state index contributed by atoms with van der Waals surface area (Å²) >= 11 is 0. The predicted octanol–water partition coefficient (Wildman–Crippen LogP) is 2.18. The standard InChI is InChI=1S/C16H22N4O2/c1-4-20-13(21)6-5-11-10-17-15(19-14(11)20)18-12-7-8-22-16(2,3)9-12/h5-6,10,12H,4,7-9H2,1-3H3,(H,17,18,19). The van der Waals surface area contributed by atoms with Gasteiger partial charge in [-0.15, -0.1) is 0 Å². The molecule has 0 saturated carbocycles.